The van der Waals surface area contributed by atoms with Gasteiger partial charge in [0.05, 0.1) is 16.8 Å². The zero-order valence-electron chi connectivity index (χ0n) is 8.06. The highest BCUT2D eigenvalue weighted by molar-refractivity contribution is 7.17. The smallest absolute Gasteiger partial charge is 0.305 e. The summed E-state index contributed by atoms with van der Waals surface area (Å²) in [6, 6.07) is 8.05. The molecule has 0 fully saturated rings. The Bertz CT molecular complexity index is 478. The molecule has 2 N–H and O–H groups in total. The van der Waals surface area contributed by atoms with Gasteiger partial charge in [-0.2, -0.15) is 0 Å². The minimum Gasteiger partial charge on any atom is -0.481 e. The number of fused-ring (bicyclic) bond motifs is 1. The monoisotopic (exact) mass is 221 g/mol. The average Bonchev–Trinajstić information content (AvgIpc) is 2.65. The van der Waals surface area contributed by atoms with Crippen LogP contribution in [0.1, 0.15) is 6.42 Å². The number of rotatable bonds is 4. The van der Waals surface area contributed by atoms with Crippen molar-refractivity contribution in [1.29, 1.82) is 0 Å². The molecule has 15 heavy (non-hydrogen) atoms. The summed E-state index contributed by atoms with van der Waals surface area (Å²) in [6.45, 7) is 0.465. The summed E-state index contributed by atoms with van der Waals surface area (Å²) in [5.41, 5.74) is 1.02. The lowest BCUT2D eigenvalue weighted by Gasteiger charge is -2.05. The Balaban J connectivity index is 2.13. The van der Waals surface area contributed by atoms with Gasteiger partial charge in [-0.05, 0) is 22.9 Å². The molecule has 0 spiro atoms. The molecule has 1 aromatic carbocycles. The second kappa shape index (κ2) is 4.31. The molecule has 1 heterocycles. The molecule has 0 aliphatic heterocycles. The van der Waals surface area contributed by atoms with Crippen LogP contribution < -0.4 is 5.32 Å². The number of hydrogen-bond donors (Lipinski definition) is 2. The van der Waals surface area contributed by atoms with Gasteiger partial charge in [0.15, 0.2) is 0 Å². The van der Waals surface area contributed by atoms with E-state index in [4.69, 9.17) is 5.11 Å². The van der Waals surface area contributed by atoms with Crippen LogP contribution in [0.3, 0.4) is 0 Å². The number of hydrogen-bond acceptors (Lipinski definition) is 3. The minimum absolute atomic E-state index is 0.141. The minimum atomic E-state index is -0.777. The fourth-order valence-electron chi connectivity index (χ4n) is 1.44. The number of anilines is 1. The first kappa shape index (κ1) is 9.98. The van der Waals surface area contributed by atoms with E-state index in [0.29, 0.717) is 6.54 Å². The highest BCUT2D eigenvalue weighted by Gasteiger charge is 2.02. The lowest BCUT2D eigenvalue weighted by atomic mass is 10.2. The van der Waals surface area contributed by atoms with Gasteiger partial charge < -0.3 is 10.4 Å². The van der Waals surface area contributed by atoms with Crippen molar-refractivity contribution in [2.75, 3.05) is 11.9 Å². The first-order valence-electron chi connectivity index (χ1n) is 4.69. The molecule has 78 valence electrons. The molecule has 0 amide bonds. The van der Waals surface area contributed by atoms with Crippen molar-refractivity contribution >= 4 is 33.1 Å². The molecule has 2 aromatic rings. The van der Waals surface area contributed by atoms with E-state index in [1.807, 2.05) is 23.6 Å². The molecule has 0 radical (unpaired) electrons. The van der Waals surface area contributed by atoms with E-state index in [-0.39, 0.29) is 6.42 Å². The Kier molecular flexibility index (Phi) is 2.87. The highest BCUT2D eigenvalue weighted by Crippen LogP contribution is 2.28. The number of carbonyl (C=O) groups is 1. The largest absolute Gasteiger partial charge is 0.481 e. The van der Waals surface area contributed by atoms with E-state index in [0.717, 1.165) is 5.69 Å². The summed E-state index contributed by atoms with van der Waals surface area (Å²) in [7, 11) is 0. The Morgan fingerprint density at radius 3 is 3.07 bits per heavy atom. The van der Waals surface area contributed by atoms with Gasteiger partial charge in [-0.15, -0.1) is 11.3 Å². The van der Waals surface area contributed by atoms with Crippen molar-refractivity contribution in [1.82, 2.24) is 0 Å². The number of nitrogens with one attached hydrogen (secondary N) is 1. The van der Waals surface area contributed by atoms with Gasteiger partial charge in [0.1, 0.15) is 0 Å². The number of benzene rings is 1. The van der Waals surface area contributed by atoms with Crippen LogP contribution in [0.4, 0.5) is 5.69 Å². The van der Waals surface area contributed by atoms with Crippen LogP contribution in [0.15, 0.2) is 29.6 Å². The Morgan fingerprint density at radius 2 is 2.27 bits per heavy atom. The van der Waals surface area contributed by atoms with Crippen LogP contribution in [0, 0.1) is 0 Å². The summed E-state index contributed by atoms with van der Waals surface area (Å²) in [5, 5.41) is 14.9. The molecule has 2 rings (SSSR count). The fraction of sp³-hybridized carbons (Fsp3) is 0.182. The van der Waals surface area contributed by atoms with Crippen molar-refractivity contribution in [2.45, 2.75) is 6.42 Å². The van der Waals surface area contributed by atoms with Crippen LogP contribution in [-0.4, -0.2) is 17.6 Å². The van der Waals surface area contributed by atoms with Crippen molar-refractivity contribution in [2.24, 2.45) is 0 Å². The van der Waals surface area contributed by atoms with E-state index in [1.165, 1.54) is 10.1 Å². The average molecular weight is 221 g/mol. The van der Waals surface area contributed by atoms with Gasteiger partial charge in [-0.25, -0.2) is 0 Å². The lowest BCUT2D eigenvalue weighted by Crippen LogP contribution is -2.07. The van der Waals surface area contributed by atoms with Gasteiger partial charge in [-0.1, -0.05) is 12.1 Å². The standard InChI is InChI=1S/C11H11NO2S/c13-10(14)4-6-12-9-3-1-2-8-5-7-15-11(8)9/h1-3,5,7,12H,4,6H2,(H,13,14). The summed E-state index contributed by atoms with van der Waals surface area (Å²) in [4.78, 5) is 10.4. The summed E-state index contributed by atoms with van der Waals surface area (Å²) in [5.74, 6) is -0.777. The molecule has 0 aliphatic rings. The van der Waals surface area contributed by atoms with Gasteiger partial charge in [0, 0.05) is 6.54 Å². The Labute approximate surface area is 91.4 Å². The van der Waals surface area contributed by atoms with Gasteiger partial charge in [0.25, 0.3) is 0 Å². The SMILES string of the molecule is O=C(O)CCNc1cccc2ccsc12. The summed E-state index contributed by atoms with van der Waals surface area (Å²) >= 11 is 1.66. The normalized spacial score (nSPS) is 10.4. The van der Waals surface area contributed by atoms with Crippen LogP contribution in [0.25, 0.3) is 10.1 Å². The molecule has 1 aromatic heterocycles. The molecule has 0 bridgehead atoms. The quantitative estimate of drug-likeness (QED) is 0.834. The zero-order chi connectivity index (χ0) is 10.7. The van der Waals surface area contributed by atoms with Crippen molar-refractivity contribution in [3.05, 3.63) is 29.6 Å². The van der Waals surface area contributed by atoms with Crippen LogP contribution in [0.5, 0.6) is 0 Å². The zero-order valence-corrected chi connectivity index (χ0v) is 8.88. The first-order chi connectivity index (χ1) is 7.27. The molecular formula is C11H11NO2S. The second-order valence-electron chi connectivity index (χ2n) is 3.22. The summed E-state index contributed by atoms with van der Waals surface area (Å²) in [6.07, 6.45) is 0.141. The fourth-order valence-corrected chi connectivity index (χ4v) is 2.33. The number of aliphatic carboxylic acids is 1. The van der Waals surface area contributed by atoms with Crippen molar-refractivity contribution < 1.29 is 9.90 Å². The van der Waals surface area contributed by atoms with E-state index in [9.17, 15) is 4.79 Å². The molecule has 0 unspecified atom stereocenters. The molecule has 0 aliphatic carbocycles. The lowest BCUT2D eigenvalue weighted by molar-refractivity contribution is -0.136. The third-order valence-electron chi connectivity index (χ3n) is 2.13. The Morgan fingerprint density at radius 1 is 1.40 bits per heavy atom. The first-order valence-corrected chi connectivity index (χ1v) is 5.57. The third-order valence-corrected chi connectivity index (χ3v) is 3.10. The van der Waals surface area contributed by atoms with Crippen LogP contribution in [0.2, 0.25) is 0 Å². The van der Waals surface area contributed by atoms with Gasteiger partial charge >= 0.3 is 5.97 Å². The Hall–Kier alpha value is -1.55. The van der Waals surface area contributed by atoms with Crippen LogP contribution >= 0.6 is 11.3 Å². The maximum atomic E-state index is 10.4. The highest BCUT2D eigenvalue weighted by atomic mass is 32.1. The van der Waals surface area contributed by atoms with E-state index in [2.05, 4.69) is 11.4 Å². The van der Waals surface area contributed by atoms with Crippen LogP contribution in [-0.2, 0) is 4.79 Å². The maximum absolute atomic E-state index is 10.4. The van der Waals surface area contributed by atoms with Crippen molar-refractivity contribution in [3.8, 4) is 0 Å². The molecule has 0 saturated heterocycles. The van der Waals surface area contributed by atoms with E-state index < -0.39 is 5.97 Å². The second-order valence-corrected chi connectivity index (χ2v) is 4.13. The van der Waals surface area contributed by atoms with Crippen molar-refractivity contribution in [3.63, 3.8) is 0 Å². The molecule has 4 heteroatoms. The predicted octanol–water partition coefficient (Wildman–Crippen LogP) is 2.79. The number of carboxylic acid groups (broad SMARTS) is 1. The third kappa shape index (κ3) is 2.27. The number of carboxylic acids is 1. The van der Waals surface area contributed by atoms with E-state index in [1.54, 1.807) is 11.3 Å². The summed E-state index contributed by atoms with van der Waals surface area (Å²) < 4.78 is 1.18. The predicted molar refractivity (Wildman–Crippen MR) is 62.6 cm³/mol. The molecule has 3 nitrogen and oxygen atoms in total. The molecule has 0 atom stereocenters. The van der Waals surface area contributed by atoms with Gasteiger partial charge in [0.2, 0.25) is 0 Å². The molecular weight excluding hydrogens is 210 g/mol. The topological polar surface area (TPSA) is 49.3 Å². The number of thiophene rings is 1. The van der Waals surface area contributed by atoms with E-state index >= 15 is 0 Å². The molecule has 0 saturated carbocycles. The van der Waals surface area contributed by atoms with Gasteiger partial charge in [-0.3, -0.25) is 4.79 Å². The maximum Gasteiger partial charge on any atom is 0.305 e.